The normalized spacial score (nSPS) is 10.9. The van der Waals surface area contributed by atoms with E-state index in [4.69, 9.17) is 5.73 Å². The molecule has 0 aromatic carbocycles. The van der Waals surface area contributed by atoms with Crippen molar-refractivity contribution in [1.29, 1.82) is 0 Å². The maximum atomic E-state index is 11.8. The second-order valence-electron chi connectivity index (χ2n) is 5.17. The molecule has 6 nitrogen and oxygen atoms in total. The van der Waals surface area contributed by atoms with Crippen molar-refractivity contribution in [2.24, 2.45) is 5.73 Å². The van der Waals surface area contributed by atoms with Crippen molar-refractivity contribution < 1.29 is 9.59 Å². The fraction of sp³-hybridized carbons (Fsp3) is 0.846. The third-order valence-electron chi connectivity index (χ3n) is 2.69. The van der Waals surface area contributed by atoms with Gasteiger partial charge in [0.25, 0.3) is 0 Å². The fourth-order valence-electron chi connectivity index (χ4n) is 1.62. The largest absolute Gasteiger partial charge is 0.353 e. The summed E-state index contributed by atoms with van der Waals surface area (Å²) in [6.07, 6.45) is 1.24. The molecule has 0 fully saturated rings. The van der Waals surface area contributed by atoms with Crippen LogP contribution in [0.25, 0.3) is 0 Å². The molecule has 0 aromatic heterocycles. The third-order valence-corrected chi connectivity index (χ3v) is 2.69. The van der Waals surface area contributed by atoms with Crippen LogP contribution in [0.15, 0.2) is 0 Å². The summed E-state index contributed by atoms with van der Waals surface area (Å²) in [6, 6.07) is 0.143. The van der Waals surface area contributed by atoms with Crippen LogP contribution in [0, 0.1) is 0 Å². The number of carbonyl (C=O) groups excluding carboxylic acids is 2. The van der Waals surface area contributed by atoms with E-state index in [-0.39, 0.29) is 17.9 Å². The van der Waals surface area contributed by atoms with E-state index in [1.165, 1.54) is 0 Å². The van der Waals surface area contributed by atoms with Crippen LogP contribution < -0.4 is 11.1 Å². The molecule has 19 heavy (non-hydrogen) atoms. The lowest BCUT2D eigenvalue weighted by atomic mass is 10.3. The van der Waals surface area contributed by atoms with Gasteiger partial charge in [-0.05, 0) is 33.9 Å². The van der Waals surface area contributed by atoms with Crippen LogP contribution >= 0.6 is 0 Å². The van der Waals surface area contributed by atoms with Crippen molar-refractivity contribution in [2.75, 3.05) is 40.3 Å². The van der Waals surface area contributed by atoms with E-state index >= 15 is 0 Å². The average Bonchev–Trinajstić information content (AvgIpc) is 2.31. The predicted octanol–water partition coefficient (Wildman–Crippen LogP) is -0.360. The van der Waals surface area contributed by atoms with Crippen LogP contribution in [0.5, 0.6) is 0 Å². The Balaban J connectivity index is 3.86. The molecule has 0 bridgehead atoms. The summed E-state index contributed by atoms with van der Waals surface area (Å²) in [6.45, 7) is 6.02. The first-order chi connectivity index (χ1) is 8.86. The lowest BCUT2D eigenvalue weighted by Crippen LogP contribution is -2.40. The van der Waals surface area contributed by atoms with Crippen LogP contribution in [0.1, 0.15) is 26.7 Å². The summed E-state index contributed by atoms with van der Waals surface area (Å²) in [5.41, 5.74) is 5.40. The summed E-state index contributed by atoms with van der Waals surface area (Å²) in [5, 5.41) is 2.82. The molecule has 0 aliphatic carbocycles. The zero-order valence-electron chi connectivity index (χ0n) is 12.6. The van der Waals surface area contributed by atoms with Crippen molar-refractivity contribution in [3.8, 4) is 0 Å². The Hall–Kier alpha value is -1.14. The molecule has 3 N–H and O–H groups in total. The van der Waals surface area contributed by atoms with Crippen LogP contribution in [0.2, 0.25) is 0 Å². The number of amides is 2. The minimum atomic E-state index is -0.0126. The zero-order chi connectivity index (χ0) is 14.8. The number of nitrogens with one attached hydrogen (secondary N) is 1. The van der Waals surface area contributed by atoms with Crippen LogP contribution in [-0.2, 0) is 9.59 Å². The smallest absolute Gasteiger partial charge is 0.234 e. The monoisotopic (exact) mass is 272 g/mol. The van der Waals surface area contributed by atoms with Gasteiger partial charge in [-0.2, -0.15) is 0 Å². The number of hydrogen-bond acceptors (Lipinski definition) is 4. The summed E-state index contributed by atoms with van der Waals surface area (Å²) in [4.78, 5) is 26.8. The number of carbonyl (C=O) groups is 2. The van der Waals surface area contributed by atoms with Crippen LogP contribution in [0.3, 0.4) is 0 Å². The van der Waals surface area contributed by atoms with E-state index in [1.54, 1.807) is 11.9 Å². The van der Waals surface area contributed by atoms with E-state index in [2.05, 4.69) is 5.32 Å². The van der Waals surface area contributed by atoms with E-state index in [0.717, 1.165) is 6.42 Å². The molecule has 0 unspecified atom stereocenters. The highest BCUT2D eigenvalue weighted by molar-refractivity contribution is 5.78. The molecule has 6 heteroatoms. The van der Waals surface area contributed by atoms with Gasteiger partial charge < -0.3 is 16.0 Å². The molecule has 0 aromatic rings. The Morgan fingerprint density at radius 3 is 2.37 bits per heavy atom. The fourth-order valence-corrected chi connectivity index (χ4v) is 1.62. The number of nitrogens with zero attached hydrogens (tertiary/aromatic N) is 2. The SMILES string of the molecule is CC(C)NC(=O)CN(C)CCC(=O)N(C)CCCN. The van der Waals surface area contributed by atoms with Crippen molar-refractivity contribution in [3.05, 3.63) is 0 Å². The molecular weight excluding hydrogens is 244 g/mol. The second kappa shape index (κ2) is 9.75. The molecule has 0 heterocycles. The molecule has 0 aliphatic rings. The molecule has 0 saturated carbocycles. The van der Waals surface area contributed by atoms with Crippen molar-refractivity contribution >= 4 is 11.8 Å². The minimum absolute atomic E-state index is 0.0126. The van der Waals surface area contributed by atoms with Gasteiger partial charge in [0.05, 0.1) is 6.54 Å². The molecular formula is C13H28N4O2. The summed E-state index contributed by atoms with van der Waals surface area (Å²) in [7, 11) is 3.62. The lowest BCUT2D eigenvalue weighted by Gasteiger charge is -2.20. The van der Waals surface area contributed by atoms with E-state index in [1.807, 2.05) is 25.8 Å². The molecule has 0 atom stereocenters. The van der Waals surface area contributed by atoms with Crippen LogP contribution in [-0.4, -0.2) is 67.9 Å². The standard InChI is InChI=1S/C13H28N4O2/c1-11(2)15-12(18)10-16(3)9-6-13(19)17(4)8-5-7-14/h11H,5-10,14H2,1-4H3,(H,15,18). The van der Waals surface area contributed by atoms with Crippen LogP contribution in [0.4, 0.5) is 0 Å². The van der Waals surface area contributed by atoms with Gasteiger partial charge in [0.1, 0.15) is 0 Å². The minimum Gasteiger partial charge on any atom is -0.353 e. The summed E-state index contributed by atoms with van der Waals surface area (Å²) < 4.78 is 0. The van der Waals surface area contributed by atoms with Crippen molar-refractivity contribution in [1.82, 2.24) is 15.1 Å². The van der Waals surface area contributed by atoms with Gasteiger partial charge in [-0.3, -0.25) is 14.5 Å². The van der Waals surface area contributed by atoms with Gasteiger partial charge in [-0.15, -0.1) is 0 Å². The topological polar surface area (TPSA) is 78.7 Å². The second-order valence-corrected chi connectivity index (χ2v) is 5.17. The number of nitrogens with two attached hydrogens (primary N) is 1. The Bertz CT molecular complexity index is 282. The highest BCUT2D eigenvalue weighted by Gasteiger charge is 2.11. The van der Waals surface area contributed by atoms with Gasteiger partial charge in [-0.1, -0.05) is 0 Å². The summed E-state index contributed by atoms with van der Waals surface area (Å²) in [5.74, 6) is 0.0750. The maximum absolute atomic E-state index is 11.8. The zero-order valence-corrected chi connectivity index (χ0v) is 12.6. The van der Waals surface area contributed by atoms with E-state index in [0.29, 0.717) is 32.6 Å². The highest BCUT2D eigenvalue weighted by Crippen LogP contribution is 1.95. The van der Waals surface area contributed by atoms with E-state index in [9.17, 15) is 9.59 Å². The number of hydrogen-bond donors (Lipinski definition) is 2. The average molecular weight is 272 g/mol. The number of likely N-dealkylation sites (N-methyl/N-ethyl adjacent to an activating group) is 1. The Morgan fingerprint density at radius 2 is 1.84 bits per heavy atom. The quantitative estimate of drug-likeness (QED) is 0.601. The Kier molecular flexibility index (Phi) is 9.16. The van der Waals surface area contributed by atoms with E-state index < -0.39 is 0 Å². The first-order valence-corrected chi connectivity index (χ1v) is 6.78. The molecule has 0 aliphatic heterocycles. The van der Waals surface area contributed by atoms with Crippen molar-refractivity contribution in [2.45, 2.75) is 32.7 Å². The Labute approximate surface area is 116 Å². The van der Waals surface area contributed by atoms with Gasteiger partial charge in [-0.25, -0.2) is 0 Å². The van der Waals surface area contributed by atoms with Gasteiger partial charge in [0, 0.05) is 32.6 Å². The molecule has 112 valence electrons. The third kappa shape index (κ3) is 9.44. The molecule has 0 radical (unpaired) electrons. The first-order valence-electron chi connectivity index (χ1n) is 6.78. The van der Waals surface area contributed by atoms with Crippen molar-refractivity contribution in [3.63, 3.8) is 0 Å². The molecule has 0 rings (SSSR count). The predicted molar refractivity (Wildman–Crippen MR) is 76.7 cm³/mol. The lowest BCUT2D eigenvalue weighted by molar-refractivity contribution is -0.131. The Morgan fingerprint density at radius 1 is 1.21 bits per heavy atom. The summed E-state index contributed by atoms with van der Waals surface area (Å²) >= 11 is 0. The van der Waals surface area contributed by atoms with Gasteiger partial charge in [0.15, 0.2) is 0 Å². The maximum Gasteiger partial charge on any atom is 0.234 e. The molecule has 0 spiro atoms. The molecule has 2 amide bonds. The number of rotatable bonds is 9. The van der Waals surface area contributed by atoms with Gasteiger partial charge >= 0.3 is 0 Å². The molecule has 0 saturated heterocycles. The first kappa shape index (κ1) is 17.9. The van der Waals surface area contributed by atoms with Gasteiger partial charge in [0.2, 0.25) is 11.8 Å². The highest BCUT2D eigenvalue weighted by atomic mass is 16.2.